The molecule has 0 saturated carbocycles. The fourth-order valence-corrected chi connectivity index (χ4v) is 1.27. The lowest BCUT2D eigenvalue weighted by molar-refractivity contribution is -0.139. The largest absolute Gasteiger partial charge is 0.446 e. The Labute approximate surface area is 99.2 Å². The summed E-state index contributed by atoms with van der Waals surface area (Å²) < 4.78 is 9.70. The third-order valence-corrected chi connectivity index (χ3v) is 1.85. The predicted octanol–water partition coefficient (Wildman–Crippen LogP) is 1.14. The van der Waals surface area contributed by atoms with Crippen LogP contribution in [0.5, 0.6) is 0 Å². The topological polar surface area (TPSA) is 76.2 Å². The van der Waals surface area contributed by atoms with Crippen molar-refractivity contribution in [1.29, 1.82) is 0 Å². The summed E-state index contributed by atoms with van der Waals surface area (Å²) in [6.07, 6.45) is -1.62. The second-order valence-electron chi connectivity index (χ2n) is 4.55. The number of hydrazine groups is 1. The monoisotopic (exact) mass is 244 g/mol. The molecule has 0 aromatic rings. The van der Waals surface area contributed by atoms with Gasteiger partial charge in [-0.2, -0.15) is 0 Å². The van der Waals surface area contributed by atoms with Crippen molar-refractivity contribution in [3.63, 3.8) is 0 Å². The number of carbonyl (C=O) groups excluding carboxylic acids is 3. The van der Waals surface area contributed by atoms with Gasteiger partial charge >= 0.3 is 12.2 Å². The lowest BCUT2D eigenvalue weighted by Crippen LogP contribution is -2.51. The van der Waals surface area contributed by atoms with Gasteiger partial charge in [-0.3, -0.25) is 4.79 Å². The molecule has 0 atom stereocenters. The summed E-state index contributed by atoms with van der Waals surface area (Å²) in [5.74, 6) is -0.599. The summed E-state index contributed by atoms with van der Waals surface area (Å²) >= 11 is 0. The highest BCUT2D eigenvalue weighted by atomic mass is 16.6. The molecule has 1 rings (SSSR count). The first-order valence-corrected chi connectivity index (χ1v) is 5.20. The molecule has 17 heavy (non-hydrogen) atoms. The van der Waals surface area contributed by atoms with Gasteiger partial charge in [0.25, 0.3) is 0 Å². The van der Waals surface area contributed by atoms with Crippen LogP contribution < -0.4 is 0 Å². The maximum atomic E-state index is 11.8. The molecule has 1 saturated heterocycles. The Morgan fingerprint density at radius 3 is 2.35 bits per heavy atom. The van der Waals surface area contributed by atoms with E-state index in [4.69, 9.17) is 4.74 Å². The molecule has 0 bridgehead atoms. The number of hydrogen-bond donors (Lipinski definition) is 0. The van der Waals surface area contributed by atoms with Gasteiger partial charge in [0.05, 0.1) is 6.54 Å². The minimum absolute atomic E-state index is 0.144. The van der Waals surface area contributed by atoms with Gasteiger partial charge in [0.2, 0.25) is 5.91 Å². The molecule has 3 amide bonds. The zero-order valence-corrected chi connectivity index (χ0v) is 10.3. The van der Waals surface area contributed by atoms with E-state index in [9.17, 15) is 14.4 Å². The highest BCUT2D eigenvalue weighted by molar-refractivity contribution is 5.92. The lowest BCUT2D eigenvalue weighted by atomic mass is 10.2. The molecule has 1 aliphatic heterocycles. The summed E-state index contributed by atoms with van der Waals surface area (Å²) in [6, 6.07) is 0. The Bertz CT molecular complexity index is 347. The normalized spacial score (nSPS) is 15.5. The van der Waals surface area contributed by atoms with Crippen LogP contribution in [0.1, 0.15) is 27.7 Å². The van der Waals surface area contributed by atoms with Crippen molar-refractivity contribution in [2.24, 2.45) is 0 Å². The Balaban J connectivity index is 2.83. The highest BCUT2D eigenvalue weighted by Crippen LogP contribution is 2.14. The van der Waals surface area contributed by atoms with E-state index in [2.05, 4.69) is 4.74 Å². The number of rotatable bonds is 1. The number of carbonyl (C=O) groups is 3. The molecule has 7 nitrogen and oxygen atoms in total. The fourth-order valence-electron chi connectivity index (χ4n) is 1.27. The smallest absolute Gasteiger partial charge is 0.436 e. The van der Waals surface area contributed by atoms with E-state index in [-0.39, 0.29) is 13.2 Å². The summed E-state index contributed by atoms with van der Waals surface area (Å²) in [6.45, 7) is 6.49. The maximum Gasteiger partial charge on any atom is 0.436 e. The standard InChI is InChI=1S/C10H16N2O5/c1-7(13)12(9(15)17-10(2,3)4)11-5-6-16-8(11)14/h5-6H2,1-4H3. The van der Waals surface area contributed by atoms with Crippen LogP contribution in [0.4, 0.5) is 9.59 Å². The number of nitrogens with zero attached hydrogens (tertiary/aromatic N) is 2. The molecule has 0 spiro atoms. The summed E-state index contributed by atoms with van der Waals surface area (Å²) in [5, 5.41) is 1.58. The van der Waals surface area contributed by atoms with Gasteiger partial charge in [-0.15, -0.1) is 5.01 Å². The van der Waals surface area contributed by atoms with Gasteiger partial charge < -0.3 is 9.47 Å². The molecule has 1 fully saturated rings. The van der Waals surface area contributed by atoms with E-state index < -0.39 is 23.7 Å². The molecular weight excluding hydrogens is 228 g/mol. The predicted molar refractivity (Wildman–Crippen MR) is 56.8 cm³/mol. The summed E-state index contributed by atoms with van der Waals surface area (Å²) in [7, 11) is 0. The number of ether oxygens (including phenoxy) is 2. The number of amides is 3. The van der Waals surface area contributed by atoms with Gasteiger partial charge in [-0.1, -0.05) is 0 Å². The first-order valence-electron chi connectivity index (χ1n) is 5.20. The van der Waals surface area contributed by atoms with Gasteiger partial charge in [-0.25, -0.2) is 14.6 Å². The maximum absolute atomic E-state index is 11.8. The quantitative estimate of drug-likeness (QED) is 0.691. The zero-order valence-electron chi connectivity index (χ0n) is 10.3. The van der Waals surface area contributed by atoms with E-state index in [1.807, 2.05) is 0 Å². The van der Waals surface area contributed by atoms with Crippen molar-refractivity contribution < 1.29 is 23.9 Å². The average Bonchev–Trinajstić information content (AvgIpc) is 2.48. The molecule has 0 unspecified atom stereocenters. The van der Waals surface area contributed by atoms with Crippen LogP contribution in [0.2, 0.25) is 0 Å². The van der Waals surface area contributed by atoms with Crippen LogP contribution in [0, 0.1) is 0 Å². The molecule has 1 aliphatic rings. The second kappa shape index (κ2) is 4.60. The molecule has 0 N–H and O–H groups in total. The number of hydrogen-bond acceptors (Lipinski definition) is 5. The van der Waals surface area contributed by atoms with Crippen LogP contribution in [-0.4, -0.2) is 46.9 Å². The van der Waals surface area contributed by atoms with E-state index in [1.165, 1.54) is 6.92 Å². The van der Waals surface area contributed by atoms with Crippen molar-refractivity contribution in [3.05, 3.63) is 0 Å². The Morgan fingerprint density at radius 1 is 1.41 bits per heavy atom. The van der Waals surface area contributed by atoms with E-state index in [0.717, 1.165) is 5.01 Å². The van der Waals surface area contributed by atoms with Crippen molar-refractivity contribution in [1.82, 2.24) is 10.0 Å². The van der Waals surface area contributed by atoms with E-state index in [1.54, 1.807) is 20.8 Å². The SMILES string of the molecule is CC(=O)N(C(=O)OC(C)(C)C)N1CCOC1=O. The summed E-state index contributed by atoms with van der Waals surface area (Å²) in [5.41, 5.74) is -0.742. The molecular formula is C10H16N2O5. The third kappa shape index (κ3) is 3.33. The van der Waals surface area contributed by atoms with Crippen LogP contribution in [0.15, 0.2) is 0 Å². The zero-order chi connectivity index (χ0) is 13.2. The Morgan fingerprint density at radius 2 is 2.00 bits per heavy atom. The van der Waals surface area contributed by atoms with E-state index >= 15 is 0 Å². The first-order chi connectivity index (χ1) is 7.72. The van der Waals surface area contributed by atoms with Crippen LogP contribution >= 0.6 is 0 Å². The van der Waals surface area contributed by atoms with Gasteiger partial charge in [0, 0.05) is 6.92 Å². The van der Waals surface area contributed by atoms with Crippen LogP contribution in [0.3, 0.4) is 0 Å². The van der Waals surface area contributed by atoms with Crippen LogP contribution in [0.25, 0.3) is 0 Å². The molecule has 96 valence electrons. The molecule has 1 heterocycles. The van der Waals surface area contributed by atoms with Crippen molar-refractivity contribution in [3.8, 4) is 0 Å². The van der Waals surface area contributed by atoms with Gasteiger partial charge in [0.1, 0.15) is 12.2 Å². The van der Waals surface area contributed by atoms with Gasteiger partial charge in [0.15, 0.2) is 0 Å². The highest BCUT2D eigenvalue weighted by Gasteiger charge is 2.36. The number of imide groups is 1. The minimum Gasteiger partial charge on any atom is -0.446 e. The van der Waals surface area contributed by atoms with Crippen molar-refractivity contribution in [2.45, 2.75) is 33.3 Å². The lowest BCUT2D eigenvalue weighted by Gasteiger charge is -2.29. The van der Waals surface area contributed by atoms with E-state index in [0.29, 0.717) is 5.01 Å². The van der Waals surface area contributed by atoms with Crippen molar-refractivity contribution in [2.75, 3.05) is 13.2 Å². The molecule has 0 aromatic heterocycles. The Kier molecular flexibility index (Phi) is 3.59. The molecule has 7 heteroatoms. The fraction of sp³-hybridized carbons (Fsp3) is 0.700. The van der Waals surface area contributed by atoms with Gasteiger partial charge in [-0.05, 0) is 20.8 Å². The number of cyclic esters (lactones) is 1. The Hall–Kier alpha value is -1.79. The molecule has 0 aromatic carbocycles. The molecule has 0 radical (unpaired) electrons. The minimum atomic E-state index is -0.885. The molecule has 0 aliphatic carbocycles. The average molecular weight is 244 g/mol. The third-order valence-electron chi connectivity index (χ3n) is 1.85. The summed E-state index contributed by atoms with van der Waals surface area (Å²) in [4.78, 5) is 34.4. The van der Waals surface area contributed by atoms with Crippen LogP contribution in [-0.2, 0) is 14.3 Å². The first kappa shape index (κ1) is 13.3. The second-order valence-corrected chi connectivity index (χ2v) is 4.55. The van der Waals surface area contributed by atoms with Crippen molar-refractivity contribution >= 4 is 18.1 Å².